The minimum absolute atomic E-state index is 0.0112. The van der Waals surface area contributed by atoms with Crippen molar-refractivity contribution in [2.75, 3.05) is 25.2 Å². The number of aliphatic hydroxyl groups is 1. The van der Waals surface area contributed by atoms with Crippen molar-refractivity contribution < 1.29 is 19.4 Å². The first kappa shape index (κ1) is 16.6. The molecule has 1 amide bonds. The highest BCUT2D eigenvalue weighted by Crippen LogP contribution is 2.24. The van der Waals surface area contributed by atoms with Gasteiger partial charge in [0, 0.05) is 30.4 Å². The largest absolute Gasteiger partial charge is 0.462 e. The number of hydrogen-bond donors (Lipinski definition) is 3. The molecule has 1 fully saturated rings. The minimum Gasteiger partial charge on any atom is -0.462 e. The van der Waals surface area contributed by atoms with Gasteiger partial charge in [0.1, 0.15) is 6.26 Å². The van der Waals surface area contributed by atoms with Crippen LogP contribution < -0.4 is 11.1 Å². The Morgan fingerprint density at radius 2 is 2.12 bits per heavy atom. The van der Waals surface area contributed by atoms with Crippen LogP contribution in [-0.2, 0) is 20.9 Å². The summed E-state index contributed by atoms with van der Waals surface area (Å²) in [4.78, 5) is 13.8. The van der Waals surface area contributed by atoms with Gasteiger partial charge in [-0.3, -0.25) is 9.69 Å². The molecule has 0 saturated carbocycles. The lowest BCUT2D eigenvalue weighted by molar-refractivity contribution is -0.123. The van der Waals surface area contributed by atoms with Crippen molar-refractivity contribution in [1.29, 1.82) is 0 Å². The lowest BCUT2D eigenvalue weighted by Gasteiger charge is -2.36. The van der Waals surface area contributed by atoms with Crippen molar-refractivity contribution in [1.82, 2.24) is 4.90 Å². The average Bonchev–Trinajstić information content (AvgIpc) is 3.11. The number of likely N-dealkylation sites (tertiary alicyclic amines) is 1. The Balaban J connectivity index is 1.59. The fourth-order valence-corrected chi connectivity index (χ4v) is 3.22. The van der Waals surface area contributed by atoms with E-state index in [0.717, 1.165) is 37.2 Å². The van der Waals surface area contributed by atoms with Crippen LogP contribution in [0.5, 0.6) is 0 Å². The number of nitrogens with one attached hydrogen (secondary N) is 1. The first-order valence-corrected chi connectivity index (χ1v) is 8.12. The SMILES string of the molecule is NC(=O)C(C1=COCO1)N1CCC(Nc2ccccc2CO)CC1. The van der Waals surface area contributed by atoms with Gasteiger partial charge in [0.2, 0.25) is 12.7 Å². The minimum atomic E-state index is -0.571. The molecule has 0 aromatic heterocycles. The zero-order valence-corrected chi connectivity index (χ0v) is 13.5. The van der Waals surface area contributed by atoms with E-state index in [1.807, 2.05) is 29.2 Å². The number of nitrogens with zero attached hydrogens (tertiary/aromatic N) is 1. The molecule has 7 heteroatoms. The van der Waals surface area contributed by atoms with Gasteiger partial charge >= 0.3 is 0 Å². The van der Waals surface area contributed by atoms with Crippen molar-refractivity contribution in [3.8, 4) is 0 Å². The van der Waals surface area contributed by atoms with E-state index < -0.39 is 11.9 Å². The fourth-order valence-electron chi connectivity index (χ4n) is 3.22. The van der Waals surface area contributed by atoms with E-state index in [4.69, 9.17) is 15.2 Å². The van der Waals surface area contributed by atoms with E-state index in [0.29, 0.717) is 5.76 Å². The number of amides is 1. The quantitative estimate of drug-likeness (QED) is 0.711. The van der Waals surface area contributed by atoms with Crippen LogP contribution >= 0.6 is 0 Å². The standard InChI is InChI=1S/C17H23N3O4/c18-17(22)16(15-10-23-11-24-15)20-7-5-13(6-8-20)19-14-4-2-1-3-12(14)9-21/h1-4,10,13,16,19,21H,5-9,11H2,(H2,18,22). The molecule has 1 unspecified atom stereocenters. The molecule has 130 valence electrons. The van der Waals surface area contributed by atoms with Crippen LogP contribution in [-0.4, -0.2) is 47.9 Å². The first-order chi connectivity index (χ1) is 11.7. The summed E-state index contributed by atoms with van der Waals surface area (Å²) in [5.41, 5.74) is 7.39. The van der Waals surface area contributed by atoms with Gasteiger partial charge in [0.25, 0.3) is 0 Å². The number of rotatable bonds is 6. The van der Waals surface area contributed by atoms with Gasteiger partial charge in [-0.1, -0.05) is 18.2 Å². The monoisotopic (exact) mass is 333 g/mol. The summed E-state index contributed by atoms with van der Waals surface area (Å²) in [5, 5.41) is 12.9. The summed E-state index contributed by atoms with van der Waals surface area (Å²) in [6.45, 7) is 1.60. The van der Waals surface area contributed by atoms with E-state index in [-0.39, 0.29) is 19.4 Å². The molecule has 1 aromatic carbocycles. The van der Waals surface area contributed by atoms with Crippen molar-refractivity contribution in [3.63, 3.8) is 0 Å². The van der Waals surface area contributed by atoms with E-state index >= 15 is 0 Å². The number of primary amides is 1. The Labute approximate surface area is 141 Å². The van der Waals surface area contributed by atoms with Crippen LogP contribution in [0.25, 0.3) is 0 Å². The number of piperidine rings is 1. The summed E-state index contributed by atoms with van der Waals surface area (Å²) in [6.07, 6.45) is 3.21. The predicted octanol–water partition coefficient (Wildman–Crippen LogP) is 0.755. The lowest BCUT2D eigenvalue weighted by Crippen LogP contribution is -2.51. The summed E-state index contributed by atoms with van der Waals surface area (Å²) in [5.74, 6) is 0.0586. The highest BCUT2D eigenvalue weighted by Gasteiger charge is 2.34. The highest BCUT2D eigenvalue weighted by atomic mass is 16.7. The molecule has 0 aliphatic carbocycles. The van der Waals surface area contributed by atoms with Gasteiger partial charge in [-0.2, -0.15) is 0 Å². The Kier molecular flexibility index (Phi) is 5.22. The number of hydrogen-bond acceptors (Lipinski definition) is 6. The lowest BCUT2D eigenvalue weighted by atomic mass is 10.0. The van der Waals surface area contributed by atoms with Crippen LogP contribution in [0.15, 0.2) is 36.3 Å². The van der Waals surface area contributed by atoms with Crippen LogP contribution in [0, 0.1) is 0 Å². The van der Waals surface area contributed by atoms with Gasteiger partial charge in [0.15, 0.2) is 11.8 Å². The molecule has 0 spiro atoms. The summed E-state index contributed by atoms with van der Waals surface area (Å²) >= 11 is 0. The van der Waals surface area contributed by atoms with E-state index in [1.165, 1.54) is 6.26 Å². The third-order valence-electron chi connectivity index (χ3n) is 4.47. The third-order valence-corrected chi connectivity index (χ3v) is 4.47. The maximum Gasteiger partial charge on any atom is 0.242 e. The summed E-state index contributed by atoms with van der Waals surface area (Å²) in [6, 6.07) is 7.46. The number of nitrogens with two attached hydrogens (primary N) is 1. The number of carbonyl (C=O) groups is 1. The fraction of sp³-hybridized carbons (Fsp3) is 0.471. The molecule has 4 N–H and O–H groups in total. The third kappa shape index (κ3) is 3.63. The number of aliphatic hydroxyl groups excluding tert-OH is 1. The zero-order chi connectivity index (χ0) is 16.9. The normalized spacial score (nSPS) is 20.0. The maximum absolute atomic E-state index is 11.8. The van der Waals surface area contributed by atoms with Gasteiger partial charge < -0.3 is 25.6 Å². The van der Waals surface area contributed by atoms with Crippen molar-refractivity contribution >= 4 is 11.6 Å². The van der Waals surface area contributed by atoms with Crippen molar-refractivity contribution in [2.45, 2.75) is 31.5 Å². The molecule has 7 nitrogen and oxygen atoms in total. The number of benzene rings is 1. The second-order valence-corrected chi connectivity index (χ2v) is 6.02. The number of carbonyl (C=O) groups excluding carboxylic acids is 1. The zero-order valence-electron chi connectivity index (χ0n) is 13.5. The molecule has 0 radical (unpaired) electrons. The van der Waals surface area contributed by atoms with Crippen LogP contribution in [0.1, 0.15) is 18.4 Å². The van der Waals surface area contributed by atoms with E-state index in [1.54, 1.807) is 0 Å². The molecule has 2 aliphatic heterocycles. The molecule has 0 bridgehead atoms. The number of ether oxygens (including phenoxy) is 2. The van der Waals surface area contributed by atoms with E-state index in [2.05, 4.69) is 5.32 Å². The second-order valence-electron chi connectivity index (χ2n) is 6.02. The van der Waals surface area contributed by atoms with Crippen LogP contribution in [0.3, 0.4) is 0 Å². The Morgan fingerprint density at radius 3 is 2.75 bits per heavy atom. The van der Waals surface area contributed by atoms with Gasteiger partial charge in [-0.25, -0.2) is 0 Å². The second kappa shape index (κ2) is 7.55. The molecule has 2 aliphatic rings. The summed E-state index contributed by atoms with van der Waals surface area (Å²) < 4.78 is 10.4. The molecule has 24 heavy (non-hydrogen) atoms. The molecular formula is C17H23N3O4. The van der Waals surface area contributed by atoms with Gasteiger partial charge in [0.05, 0.1) is 6.61 Å². The average molecular weight is 333 g/mol. The van der Waals surface area contributed by atoms with E-state index in [9.17, 15) is 9.90 Å². The molecule has 1 saturated heterocycles. The van der Waals surface area contributed by atoms with Crippen molar-refractivity contribution in [3.05, 3.63) is 41.9 Å². The summed E-state index contributed by atoms with van der Waals surface area (Å²) in [7, 11) is 0. The maximum atomic E-state index is 11.8. The van der Waals surface area contributed by atoms with Crippen LogP contribution in [0.4, 0.5) is 5.69 Å². The number of anilines is 1. The topological polar surface area (TPSA) is 97.1 Å². The smallest absolute Gasteiger partial charge is 0.242 e. The van der Waals surface area contributed by atoms with Crippen LogP contribution in [0.2, 0.25) is 0 Å². The Hall–Kier alpha value is -2.25. The molecule has 3 rings (SSSR count). The van der Waals surface area contributed by atoms with Crippen molar-refractivity contribution in [2.24, 2.45) is 5.73 Å². The Bertz CT molecular complexity index is 612. The first-order valence-electron chi connectivity index (χ1n) is 8.12. The molecule has 1 aromatic rings. The number of para-hydroxylation sites is 1. The Morgan fingerprint density at radius 1 is 1.38 bits per heavy atom. The molecular weight excluding hydrogens is 310 g/mol. The predicted molar refractivity (Wildman–Crippen MR) is 88.7 cm³/mol. The van der Waals surface area contributed by atoms with Gasteiger partial charge in [-0.05, 0) is 18.9 Å². The highest BCUT2D eigenvalue weighted by molar-refractivity contribution is 5.82. The van der Waals surface area contributed by atoms with Gasteiger partial charge in [-0.15, -0.1) is 0 Å². The molecule has 1 atom stereocenters. The molecule has 2 heterocycles.